The van der Waals surface area contributed by atoms with Gasteiger partial charge in [-0.25, -0.2) is 4.98 Å². The van der Waals surface area contributed by atoms with E-state index in [4.69, 9.17) is 0 Å². The lowest BCUT2D eigenvalue weighted by molar-refractivity contribution is 0.0757. The number of aromatic nitrogens is 1. The Kier molecular flexibility index (Phi) is 4.97. The molecule has 1 aromatic rings. The number of hydrogen-bond donors (Lipinski definition) is 0. The van der Waals surface area contributed by atoms with Gasteiger partial charge in [0.15, 0.2) is 0 Å². The molecule has 0 aliphatic carbocycles. The molecule has 1 aliphatic heterocycles. The van der Waals surface area contributed by atoms with Gasteiger partial charge >= 0.3 is 0 Å². The molecule has 2 rings (SSSR count). The maximum absolute atomic E-state index is 12.5. The van der Waals surface area contributed by atoms with Crippen LogP contribution in [-0.4, -0.2) is 28.9 Å². The first-order valence-corrected chi connectivity index (χ1v) is 7.78. The maximum Gasteiger partial charge on any atom is 0.256 e. The van der Waals surface area contributed by atoms with Crippen molar-refractivity contribution >= 4 is 21.8 Å². The number of halogens is 1. The molecule has 104 valence electrons. The summed E-state index contributed by atoms with van der Waals surface area (Å²) in [6.07, 6.45) is 5.14. The molecule has 1 aliphatic rings. The predicted octanol–water partition coefficient (Wildman–Crippen LogP) is 3.74. The quantitative estimate of drug-likeness (QED) is 0.776. The molecule has 0 bridgehead atoms. The molecule has 1 amide bonds. The topological polar surface area (TPSA) is 33.2 Å². The van der Waals surface area contributed by atoms with E-state index in [9.17, 15) is 4.79 Å². The minimum absolute atomic E-state index is 0.101. The van der Waals surface area contributed by atoms with Crippen LogP contribution in [0.2, 0.25) is 0 Å². The van der Waals surface area contributed by atoms with Crippen molar-refractivity contribution in [2.75, 3.05) is 13.1 Å². The van der Waals surface area contributed by atoms with Crippen LogP contribution in [0.15, 0.2) is 22.9 Å². The third-order valence-electron chi connectivity index (χ3n) is 3.99. The zero-order valence-corrected chi connectivity index (χ0v) is 13.2. The van der Waals surface area contributed by atoms with Gasteiger partial charge in [-0.2, -0.15) is 0 Å². The number of carbonyl (C=O) groups excluding carboxylic acids is 1. The number of rotatable bonds is 2. The number of hydrogen-bond acceptors (Lipinski definition) is 2. The van der Waals surface area contributed by atoms with Gasteiger partial charge < -0.3 is 4.90 Å². The smallest absolute Gasteiger partial charge is 0.256 e. The normalized spacial score (nSPS) is 20.4. The van der Waals surface area contributed by atoms with Crippen molar-refractivity contribution in [3.8, 4) is 0 Å². The second-order valence-electron chi connectivity index (χ2n) is 5.57. The predicted molar refractivity (Wildman–Crippen MR) is 80.0 cm³/mol. The molecule has 1 fully saturated rings. The van der Waals surface area contributed by atoms with Crippen molar-refractivity contribution in [3.63, 3.8) is 0 Å². The average molecular weight is 325 g/mol. The van der Waals surface area contributed by atoms with Gasteiger partial charge in [-0.05, 0) is 59.2 Å². The third kappa shape index (κ3) is 3.56. The Morgan fingerprint density at radius 1 is 1.42 bits per heavy atom. The summed E-state index contributed by atoms with van der Waals surface area (Å²) < 4.78 is 0.643. The number of amides is 1. The van der Waals surface area contributed by atoms with Crippen molar-refractivity contribution in [1.82, 2.24) is 9.88 Å². The summed E-state index contributed by atoms with van der Waals surface area (Å²) in [5.41, 5.74) is 0.672. The van der Waals surface area contributed by atoms with Gasteiger partial charge in [0.25, 0.3) is 5.91 Å². The molecule has 1 aromatic heterocycles. The highest BCUT2D eigenvalue weighted by atomic mass is 79.9. The first kappa shape index (κ1) is 14.5. The van der Waals surface area contributed by atoms with E-state index in [0.717, 1.165) is 31.8 Å². The Balaban J connectivity index is 2.06. The van der Waals surface area contributed by atoms with Gasteiger partial charge in [0, 0.05) is 19.3 Å². The summed E-state index contributed by atoms with van der Waals surface area (Å²) in [6, 6.07) is 3.65. The molecular weight excluding hydrogens is 304 g/mol. The number of pyridine rings is 1. The van der Waals surface area contributed by atoms with Crippen molar-refractivity contribution in [3.05, 3.63) is 28.5 Å². The lowest BCUT2D eigenvalue weighted by Crippen LogP contribution is -2.32. The Morgan fingerprint density at radius 2 is 2.21 bits per heavy atom. The highest BCUT2D eigenvalue weighted by Gasteiger charge is 2.24. The van der Waals surface area contributed by atoms with Gasteiger partial charge in [0.2, 0.25) is 0 Å². The number of nitrogens with zero attached hydrogens (tertiary/aromatic N) is 2. The van der Waals surface area contributed by atoms with Crippen LogP contribution in [0.3, 0.4) is 0 Å². The van der Waals surface area contributed by atoms with E-state index < -0.39 is 0 Å². The molecule has 0 spiro atoms. The van der Waals surface area contributed by atoms with Gasteiger partial charge in [-0.3, -0.25) is 4.79 Å². The lowest BCUT2D eigenvalue weighted by atomic mass is 9.89. The Hall–Kier alpha value is -0.900. The van der Waals surface area contributed by atoms with E-state index in [1.165, 1.54) is 6.42 Å². The standard InChI is InChI=1S/C15H21BrN2O/c1-11(2)12-5-4-9-18(10-7-12)15(19)13-6-3-8-17-14(13)16/h3,6,8,11-12H,4-5,7,9-10H2,1-2H3. The van der Waals surface area contributed by atoms with E-state index in [1.54, 1.807) is 6.20 Å². The maximum atomic E-state index is 12.5. The summed E-state index contributed by atoms with van der Waals surface area (Å²) in [5, 5.41) is 0. The Labute approximate surface area is 123 Å². The highest BCUT2D eigenvalue weighted by molar-refractivity contribution is 9.10. The highest BCUT2D eigenvalue weighted by Crippen LogP contribution is 2.26. The van der Waals surface area contributed by atoms with E-state index in [-0.39, 0.29) is 5.91 Å². The molecular formula is C15H21BrN2O. The first-order chi connectivity index (χ1) is 9.09. The van der Waals surface area contributed by atoms with Crippen molar-refractivity contribution in [2.24, 2.45) is 11.8 Å². The summed E-state index contributed by atoms with van der Waals surface area (Å²) in [7, 11) is 0. The molecule has 19 heavy (non-hydrogen) atoms. The molecule has 3 nitrogen and oxygen atoms in total. The van der Waals surface area contributed by atoms with E-state index in [0.29, 0.717) is 16.1 Å². The molecule has 0 N–H and O–H groups in total. The van der Waals surface area contributed by atoms with Crippen molar-refractivity contribution in [2.45, 2.75) is 33.1 Å². The monoisotopic (exact) mass is 324 g/mol. The minimum atomic E-state index is 0.101. The summed E-state index contributed by atoms with van der Waals surface area (Å²) in [6.45, 7) is 6.28. The number of likely N-dealkylation sites (tertiary alicyclic amines) is 1. The fourth-order valence-corrected chi connectivity index (χ4v) is 3.13. The van der Waals surface area contributed by atoms with Crippen LogP contribution < -0.4 is 0 Å². The molecule has 0 aromatic carbocycles. The average Bonchev–Trinajstić information content (AvgIpc) is 2.64. The SMILES string of the molecule is CC(C)C1CCCN(C(=O)c2cccnc2Br)CC1. The summed E-state index contributed by atoms with van der Waals surface area (Å²) >= 11 is 3.36. The molecule has 1 unspecified atom stereocenters. The lowest BCUT2D eigenvalue weighted by Gasteiger charge is -2.22. The Bertz CT molecular complexity index is 448. The van der Waals surface area contributed by atoms with Crippen LogP contribution in [0, 0.1) is 11.8 Å². The van der Waals surface area contributed by atoms with Gasteiger partial charge in [0.05, 0.1) is 5.56 Å². The molecule has 1 atom stereocenters. The molecule has 0 saturated carbocycles. The van der Waals surface area contributed by atoms with Crippen LogP contribution in [-0.2, 0) is 0 Å². The van der Waals surface area contributed by atoms with Gasteiger partial charge in [0.1, 0.15) is 4.60 Å². The molecule has 2 heterocycles. The molecule has 1 saturated heterocycles. The van der Waals surface area contributed by atoms with Crippen molar-refractivity contribution < 1.29 is 4.79 Å². The zero-order chi connectivity index (χ0) is 13.8. The molecule has 0 radical (unpaired) electrons. The first-order valence-electron chi connectivity index (χ1n) is 6.99. The Morgan fingerprint density at radius 3 is 2.89 bits per heavy atom. The van der Waals surface area contributed by atoms with E-state index >= 15 is 0 Å². The van der Waals surface area contributed by atoms with E-state index in [1.807, 2.05) is 17.0 Å². The van der Waals surface area contributed by atoms with Crippen LogP contribution in [0.25, 0.3) is 0 Å². The van der Waals surface area contributed by atoms with Crippen LogP contribution in [0.1, 0.15) is 43.5 Å². The van der Waals surface area contributed by atoms with Gasteiger partial charge in [-0.15, -0.1) is 0 Å². The fourth-order valence-electron chi connectivity index (χ4n) is 2.71. The van der Waals surface area contributed by atoms with Crippen LogP contribution in [0.4, 0.5) is 0 Å². The third-order valence-corrected chi connectivity index (χ3v) is 4.62. The minimum Gasteiger partial charge on any atom is -0.339 e. The second kappa shape index (κ2) is 6.51. The van der Waals surface area contributed by atoms with Gasteiger partial charge in [-0.1, -0.05) is 13.8 Å². The van der Waals surface area contributed by atoms with Crippen LogP contribution in [0.5, 0.6) is 0 Å². The van der Waals surface area contributed by atoms with E-state index in [2.05, 4.69) is 34.8 Å². The van der Waals surface area contributed by atoms with Crippen LogP contribution >= 0.6 is 15.9 Å². The largest absolute Gasteiger partial charge is 0.339 e. The summed E-state index contributed by atoms with van der Waals surface area (Å²) in [5.74, 6) is 1.56. The molecule has 4 heteroatoms. The van der Waals surface area contributed by atoms with Crippen molar-refractivity contribution in [1.29, 1.82) is 0 Å². The zero-order valence-electron chi connectivity index (χ0n) is 11.6. The fraction of sp³-hybridized carbons (Fsp3) is 0.600. The summed E-state index contributed by atoms with van der Waals surface area (Å²) in [4.78, 5) is 18.6. The number of carbonyl (C=O) groups is 1. The second-order valence-corrected chi connectivity index (χ2v) is 6.32.